The van der Waals surface area contributed by atoms with Crippen molar-refractivity contribution in [3.63, 3.8) is 0 Å². The summed E-state index contributed by atoms with van der Waals surface area (Å²) in [5.74, 6) is 3.57. The average Bonchev–Trinajstić information content (AvgIpc) is 3.21. The van der Waals surface area contributed by atoms with Gasteiger partial charge in [0.2, 0.25) is 5.75 Å². The third kappa shape index (κ3) is 3.49. The zero-order chi connectivity index (χ0) is 20.4. The maximum atomic E-state index is 5.43. The first-order valence-electron chi connectivity index (χ1n) is 8.83. The Hall–Kier alpha value is -3.88. The van der Waals surface area contributed by atoms with Crippen LogP contribution in [0.5, 0.6) is 17.2 Å². The molecule has 3 aromatic heterocycles. The summed E-state index contributed by atoms with van der Waals surface area (Å²) >= 11 is 0. The minimum Gasteiger partial charge on any atom is -0.493 e. The molecule has 0 atom stereocenters. The van der Waals surface area contributed by atoms with E-state index in [9.17, 15) is 0 Å². The molecule has 0 spiro atoms. The van der Waals surface area contributed by atoms with Crippen LogP contribution in [0.4, 0.5) is 11.6 Å². The van der Waals surface area contributed by atoms with Gasteiger partial charge in [0.15, 0.2) is 17.1 Å². The van der Waals surface area contributed by atoms with Gasteiger partial charge < -0.3 is 24.1 Å². The van der Waals surface area contributed by atoms with E-state index in [2.05, 4.69) is 25.3 Å². The molecule has 0 saturated heterocycles. The summed E-state index contributed by atoms with van der Waals surface area (Å²) in [6, 6.07) is 7.46. The lowest BCUT2D eigenvalue weighted by Crippen LogP contribution is -2.00. The van der Waals surface area contributed by atoms with Gasteiger partial charge in [-0.3, -0.25) is 0 Å². The minimum absolute atomic E-state index is 0.535. The number of aromatic nitrogens is 5. The van der Waals surface area contributed by atoms with E-state index in [1.807, 2.05) is 42.0 Å². The fourth-order valence-electron chi connectivity index (χ4n) is 3.03. The molecule has 4 rings (SSSR count). The number of pyridine rings is 1. The Bertz CT molecular complexity index is 1150. The van der Waals surface area contributed by atoms with Gasteiger partial charge in [0.25, 0.3) is 0 Å². The van der Waals surface area contributed by atoms with E-state index in [0.717, 1.165) is 11.1 Å². The summed E-state index contributed by atoms with van der Waals surface area (Å²) in [7, 11) is 4.74. The van der Waals surface area contributed by atoms with Gasteiger partial charge in [-0.05, 0) is 19.1 Å². The smallest absolute Gasteiger partial charge is 0.203 e. The second kappa shape index (κ2) is 7.63. The molecule has 0 radical (unpaired) electrons. The second-order valence-corrected chi connectivity index (χ2v) is 6.17. The van der Waals surface area contributed by atoms with Crippen LogP contribution in [0.1, 0.15) is 5.82 Å². The summed E-state index contributed by atoms with van der Waals surface area (Å²) in [6.45, 7) is 1.83. The van der Waals surface area contributed by atoms with Crippen molar-refractivity contribution in [1.29, 1.82) is 0 Å². The Morgan fingerprint density at radius 3 is 2.41 bits per heavy atom. The topological polar surface area (TPSA) is 96.2 Å². The predicted octanol–water partition coefficient (Wildman–Crippen LogP) is 3.29. The van der Waals surface area contributed by atoms with Crippen LogP contribution in [0.3, 0.4) is 0 Å². The number of benzene rings is 1. The third-order valence-electron chi connectivity index (χ3n) is 4.36. The molecule has 0 aliphatic heterocycles. The van der Waals surface area contributed by atoms with E-state index in [1.165, 1.54) is 0 Å². The predicted molar refractivity (Wildman–Crippen MR) is 109 cm³/mol. The molecular formula is C20H20N6O3. The lowest BCUT2D eigenvalue weighted by molar-refractivity contribution is 0.324. The number of anilines is 2. The molecule has 0 amide bonds. The van der Waals surface area contributed by atoms with E-state index >= 15 is 0 Å². The molecule has 0 unspecified atom stereocenters. The summed E-state index contributed by atoms with van der Waals surface area (Å²) in [5.41, 5.74) is 1.44. The fraction of sp³-hybridized carbons (Fsp3) is 0.200. The van der Waals surface area contributed by atoms with E-state index in [-0.39, 0.29) is 0 Å². The standard InChI is InChI=1S/C20H20N6O3/c1-12-23-19-14(6-5-7-21-19)20(24-12)25-17-10-26(11-22-17)13-8-15(27-2)18(29-4)16(9-13)28-3/h5-11H,1-4H3,(H,21,23,24,25). The summed E-state index contributed by atoms with van der Waals surface area (Å²) in [4.78, 5) is 17.6. The minimum atomic E-state index is 0.535. The largest absolute Gasteiger partial charge is 0.493 e. The first kappa shape index (κ1) is 18.5. The highest BCUT2D eigenvalue weighted by atomic mass is 16.5. The number of methoxy groups -OCH3 is 3. The van der Waals surface area contributed by atoms with Crippen LogP contribution < -0.4 is 19.5 Å². The fourth-order valence-corrected chi connectivity index (χ4v) is 3.03. The van der Waals surface area contributed by atoms with E-state index in [4.69, 9.17) is 14.2 Å². The molecule has 0 saturated carbocycles. The van der Waals surface area contributed by atoms with Crippen molar-refractivity contribution in [1.82, 2.24) is 24.5 Å². The SMILES string of the molecule is COc1cc(-n2cnc(Nc3nc(C)nc4ncccc34)c2)cc(OC)c1OC. The molecule has 0 aliphatic carbocycles. The lowest BCUT2D eigenvalue weighted by Gasteiger charge is -2.14. The van der Waals surface area contributed by atoms with Crippen LogP contribution in [0, 0.1) is 6.92 Å². The van der Waals surface area contributed by atoms with Crippen LogP contribution in [0.25, 0.3) is 16.7 Å². The van der Waals surface area contributed by atoms with Crippen LogP contribution in [-0.2, 0) is 0 Å². The molecule has 0 aliphatic rings. The van der Waals surface area contributed by atoms with Crippen LogP contribution >= 0.6 is 0 Å². The summed E-state index contributed by atoms with van der Waals surface area (Å²) < 4.78 is 18.1. The second-order valence-electron chi connectivity index (χ2n) is 6.17. The molecule has 9 nitrogen and oxygen atoms in total. The third-order valence-corrected chi connectivity index (χ3v) is 4.36. The molecule has 1 N–H and O–H groups in total. The van der Waals surface area contributed by atoms with Gasteiger partial charge in [0.1, 0.15) is 23.8 Å². The first-order chi connectivity index (χ1) is 14.1. The lowest BCUT2D eigenvalue weighted by atomic mass is 10.2. The molecule has 0 bridgehead atoms. The van der Waals surface area contributed by atoms with Gasteiger partial charge in [-0.15, -0.1) is 0 Å². The van der Waals surface area contributed by atoms with Crippen molar-refractivity contribution in [2.24, 2.45) is 0 Å². The van der Waals surface area contributed by atoms with Gasteiger partial charge in [0, 0.05) is 18.3 Å². The number of nitrogens with one attached hydrogen (secondary N) is 1. The van der Waals surface area contributed by atoms with Gasteiger partial charge in [-0.1, -0.05) is 0 Å². The van der Waals surface area contributed by atoms with Gasteiger partial charge in [-0.25, -0.2) is 19.9 Å². The molecule has 3 heterocycles. The molecule has 29 heavy (non-hydrogen) atoms. The quantitative estimate of drug-likeness (QED) is 0.534. The number of imidazole rings is 1. The number of aryl methyl sites for hydroxylation is 1. The molecule has 0 fully saturated rings. The number of fused-ring (bicyclic) bond motifs is 1. The van der Waals surface area contributed by atoms with Crippen molar-refractivity contribution >= 4 is 22.7 Å². The Labute approximate surface area is 167 Å². The van der Waals surface area contributed by atoms with Crippen LogP contribution in [0.15, 0.2) is 43.0 Å². The van der Waals surface area contributed by atoms with E-state index in [1.54, 1.807) is 33.9 Å². The van der Waals surface area contributed by atoms with Gasteiger partial charge in [-0.2, -0.15) is 0 Å². The Morgan fingerprint density at radius 2 is 1.72 bits per heavy atom. The number of nitrogens with zero attached hydrogens (tertiary/aromatic N) is 5. The van der Waals surface area contributed by atoms with Crippen molar-refractivity contribution in [3.8, 4) is 22.9 Å². The van der Waals surface area contributed by atoms with E-state index in [0.29, 0.717) is 40.4 Å². The van der Waals surface area contributed by atoms with Gasteiger partial charge >= 0.3 is 0 Å². The molecule has 148 valence electrons. The first-order valence-corrected chi connectivity index (χ1v) is 8.83. The number of ether oxygens (including phenoxy) is 3. The van der Waals surface area contributed by atoms with E-state index < -0.39 is 0 Å². The Morgan fingerprint density at radius 1 is 0.966 bits per heavy atom. The van der Waals surface area contributed by atoms with Crippen molar-refractivity contribution in [3.05, 3.63) is 48.8 Å². The highest BCUT2D eigenvalue weighted by Gasteiger charge is 2.15. The zero-order valence-electron chi connectivity index (χ0n) is 16.5. The highest BCUT2D eigenvalue weighted by Crippen LogP contribution is 2.39. The number of hydrogen-bond donors (Lipinski definition) is 1. The monoisotopic (exact) mass is 392 g/mol. The summed E-state index contributed by atoms with van der Waals surface area (Å²) in [5, 5.41) is 4.07. The maximum absolute atomic E-state index is 5.43. The number of hydrogen-bond acceptors (Lipinski definition) is 8. The van der Waals surface area contributed by atoms with Crippen molar-refractivity contribution < 1.29 is 14.2 Å². The van der Waals surface area contributed by atoms with Crippen molar-refractivity contribution in [2.45, 2.75) is 6.92 Å². The Kier molecular flexibility index (Phi) is 4.86. The normalized spacial score (nSPS) is 10.8. The number of rotatable bonds is 6. The van der Waals surface area contributed by atoms with Gasteiger partial charge in [0.05, 0.1) is 38.6 Å². The van der Waals surface area contributed by atoms with Crippen LogP contribution in [0.2, 0.25) is 0 Å². The maximum Gasteiger partial charge on any atom is 0.203 e. The Balaban J connectivity index is 1.70. The van der Waals surface area contributed by atoms with Crippen LogP contribution in [-0.4, -0.2) is 45.8 Å². The molecule has 1 aromatic carbocycles. The molecular weight excluding hydrogens is 372 g/mol. The molecule has 9 heteroatoms. The highest BCUT2D eigenvalue weighted by molar-refractivity contribution is 5.87. The van der Waals surface area contributed by atoms with Crippen molar-refractivity contribution in [2.75, 3.05) is 26.6 Å². The zero-order valence-corrected chi connectivity index (χ0v) is 16.5. The summed E-state index contributed by atoms with van der Waals surface area (Å²) in [6.07, 6.45) is 5.25. The molecule has 4 aromatic rings. The average molecular weight is 392 g/mol.